The van der Waals surface area contributed by atoms with Crippen molar-refractivity contribution < 1.29 is 18.0 Å². The van der Waals surface area contributed by atoms with Crippen LogP contribution in [0.4, 0.5) is 13.2 Å². The molecule has 16 heavy (non-hydrogen) atoms. The van der Waals surface area contributed by atoms with Gasteiger partial charge in [0.05, 0.1) is 6.42 Å². The molecule has 88 valence electrons. The third kappa shape index (κ3) is 3.60. The maximum Gasteiger partial charge on any atom is 0.433 e. The molecule has 1 rings (SSSR count). The van der Waals surface area contributed by atoms with Crippen LogP contribution in [0, 0.1) is 0 Å². The van der Waals surface area contributed by atoms with E-state index in [1.54, 1.807) is 0 Å². The van der Waals surface area contributed by atoms with Crippen molar-refractivity contribution in [2.75, 3.05) is 0 Å². The second kappa shape index (κ2) is 5.05. The SMILES string of the molecule is CCCC(=O)Cc1nccc(C(F)(F)F)n1. The molecule has 0 saturated heterocycles. The molecule has 1 aromatic rings. The van der Waals surface area contributed by atoms with Crippen molar-refractivity contribution in [3.63, 3.8) is 0 Å². The van der Waals surface area contributed by atoms with Crippen molar-refractivity contribution in [1.82, 2.24) is 9.97 Å². The highest BCUT2D eigenvalue weighted by Gasteiger charge is 2.32. The Labute approximate surface area is 90.7 Å². The Bertz CT molecular complexity index is 377. The van der Waals surface area contributed by atoms with Crippen LogP contribution in [0.15, 0.2) is 12.3 Å². The van der Waals surface area contributed by atoms with Gasteiger partial charge in [0.15, 0.2) is 0 Å². The molecule has 0 atom stereocenters. The van der Waals surface area contributed by atoms with Gasteiger partial charge in [0.2, 0.25) is 0 Å². The van der Waals surface area contributed by atoms with Crippen molar-refractivity contribution >= 4 is 5.78 Å². The zero-order valence-corrected chi connectivity index (χ0v) is 8.71. The third-order valence-corrected chi connectivity index (χ3v) is 1.88. The minimum absolute atomic E-state index is 0.0757. The summed E-state index contributed by atoms with van der Waals surface area (Å²) in [7, 11) is 0. The predicted molar refractivity (Wildman–Crippen MR) is 50.7 cm³/mol. The molecule has 0 fully saturated rings. The number of hydrogen-bond acceptors (Lipinski definition) is 3. The van der Waals surface area contributed by atoms with Gasteiger partial charge in [0.25, 0.3) is 0 Å². The minimum Gasteiger partial charge on any atom is -0.299 e. The lowest BCUT2D eigenvalue weighted by Gasteiger charge is -2.06. The van der Waals surface area contributed by atoms with E-state index in [4.69, 9.17) is 0 Å². The van der Waals surface area contributed by atoms with Crippen LogP contribution < -0.4 is 0 Å². The van der Waals surface area contributed by atoms with Gasteiger partial charge in [0.1, 0.15) is 17.3 Å². The predicted octanol–water partition coefficient (Wildman–Crippen LogP) is 2.41. The molecule has 0 radical (unpaired) electrons. The van der Waals surface area contributed by atoms with Crippen LogP contribution in [-0.2, 0) is 17.4 Å². The lowest BCUT2D eigenvalue weighted by molar-refractivity contribution is -0.141. The van der Waals surface area contributed by atoms with Crippen molar-refractivity contribution in [3.8, 4) is 0 Å². The van der Waals surface area contributed by atoms with E-state index in [0.29, 0.717) is 12.8 Å². The van der Waals surface area contributed by atoms with Crippen molar-refractivity contribution in [1.29, 1.82) is 0 Å². The summed E-state index contributed by atoms with van der Waals surface area (Å²) in [6.45, 7) is 1.82. The lowest BCUT2D eigenvalue weighted by atomic mass is 10.2. The van der Waals surface area contributed by atoms with E-state index in [1.165, 1.54) is 0 Å². The second-order valence-corrected chi connectivity index (χ2v) is 3.32. The molecule has 0 amide bonds. The van der Waals surface area contributed by atoms with Crippen LogP contribution in [0.3, 0.4) is 0 Å². The Morgan fingerprint density at radius 3 is 2.69 bits per heavy atom. The number of halogens is 3. The summed E-state index contributed by atoms with van der Waals surface area (Å²) in [4.78, 5) is 18.2. The van der Waals surface area contributed by atoms with E-state index < -0.39 is 11.9 Å². The lowest BCUT2D eigenvalue weighted by Crippen LogP contribution is -2.12. The van der Waals surface area contributed by atoms with Crippen molar-refractivity contribution in [2.24, 2.45) is 0 Å². The molecular formula is C10H11F3N2O. The Morgan fingerprint density at radius 1 is 1.44 bits per heavy atom. The topological polar surface area (TPSA) is 42.9 Å². The molecule has 6 heteroatoms. The Balaban J connectivity index is 2.79. The van der Waals surface area contributed by atoms with Gasteiger partial charge in [-0.25, -0.2) is 9.97 Å². The highest BCUT2D eigenvalue weighted by molar-refractivity contribution is 5.79. The molecule has 0 unspecified atom stereocenters. The van der Waals surface area contributed by atoms with Gasteiger partial charge in [-0.2, -0.15) is 13.2 Å². The molecule has 0 aliphatic rings. The molecule has 3 nitrogen and oxygen atoms in total. The number of carbonyl (C=O) groups is 1. The zero-order valence-electron chi connectivity index (χ0n) is 8.71. The molecule has 1 heterocycles. The summed E-state index contributed by atoms with van der Waals surface area (Å²) in [5.41, 5.74) is -1.01. The molecule has 0 aliphatic carbocycles. The summed E-state index contributed by atoms with van der Waals surface area (Å²) < 4.78 is 36.8. The minimum atomic E-state index is -4.49. The first-order valence-corrected chi connectivity index (χ1v) is 4.84. The highest BCUT2D eigenvalue weighted by Crippen LogP contribution is 2.26. The number of carbonyl (C=O) groups excluding carboxylic acids is 1. The normalized spacial score (nSPS) is 11.5. The molecular weight excluding hydrogens is 221 g/mol. The molecule has 0 N–H and O–H groups in total. The smallest absolute Gasteiger partial charge is 0.299 e. The molecule has 0 aromatic carbocycles. The highest BCUT2D eigenvalue weighted by atomic mass is 19.4. The van der Waals surface area contributed by atoms with E-state index >= 15 is 0 Å². The number of ketones is 1. The molecule has 0 spiro atoms. The third-order valence-electron chi connectivity index (χ3n) is 1.88. The summed E-state index contributed by atoms with van der Waals surface area (Å²) in [6.07, 6.45) is -2.62. The van der Waals surface area contributed by atoms with E-state index in [0.717, 1.165) is 12.3 Å². The van der Waals surface area contributed by atoms with Gasteiger partial charge >= 0.3 is 6.18 Å². The van der Waals surface area contributed by atoms with E-state index in [9.17, 15) is 18.0 Å². The summed E-state index contributed by atoms with van der Waals surface area (Å²) >= 11 is 0. The fourth-order valence-corrected chi connectivity index (χ4v) is 1.19. The monoisotopic (exact) mass is 232 g/mol. The van der Waals surface area contributed by atoms with Crippen LogP contribution >= 0.6 is 0 Å². The summed E-state index contributed by atoms with van der Waals surface area (Å²) in [5, 5.41) is 0. The van der Waals surface area contributed by atoms with Crippen LogP contribution in [-0.4, -0.2) is 15.8 Å². The van der Waals surface area contributed by atoms with Crippen LogP contribution in [0.1, 0.15) is 31.3 Å². The number of aromatic nitrogens is 2. The van der Waals surface area contributed by atoms with Gasteiger partial charge in [0, 0.05) is 12.6 Å². The van der Waals surface area contributed by atoms with E-state index in [2.05, 4.69) is 9.97 Å². The summed E-state index contributed by atoms with van der Waals surface area (Å²) in [6, 6.07) is 0.786. The van der Waals surface area contributed by atoms with Crippen molar-refractivity contribution in [3.05, 3.63) is 23.8 Å². The summed E-state index contributed by atoms with van der Waals surface area (Å²) in [5.74, 6) is -0.227. The van der Waals surface area contributed by atoms with Gasteiger partial charge in [-0.1, -0.05) is 6.92 Å². The van der Waals surface area contributed by atoms with E-state index in [-0.39, 0.29) is 18.0 Å². The second-order valence-electron chi connectivity index (χ2n) is 3.32. The average molecular weight is 232 g/mol. The first-order chi connectivity index (χ1) is 7.43. The number of rotatable bonds is 4. The Morgan fingerprint density at radius 2 is 2.12 bits per heavy atom. The van der Waals surface area contributed by atoms with Crippen LogP contribution in [0.5, 0.6) is 0 Å². The Hall–Kier alpha value is -1.46. The largest absolute Gasteiger partial charge is 0.433 e. The van der Waals surface area contributed by atoms with Gasteiger partial charge in [-0.3, -0.25) is 4.79 Å². The van der Waals surface area contributed by atoms with Crippen molar-refractivity contribution in [2.45, 2.75) is 32.4 Å². The fraction of sp³-hybridized carbons (Fsp3) is 0.500. The van der Waals surface area contributed by atoms with Crippen LogP contribution in [0.2, 0.25) is 0 Å². The molecule has 0 aliphatic heterocycles. The molecule has 0 bridgehead atoms. The standard InChI is InChI=1S/C10H11F3N2O/c1-2-3-7(16)6-9-14-5-4-8(15-9)10(11,12)13/h4-5H,2-3,6H2,1H3. The zero-order chi connectivity index (χ0) is 12.2. The van der Waals surface area contributed by atoms with Gasteiger partial charge in [-0.15, -0.1) is 0 Å². The van der Waals surface area contributed by atoms with Gasteiger partial charge in [-0.05, 0) is 12.5 Å². The quantitative estimate of drug-likeness (QED) is 0.800. The first-order valence-electron chi connectivity index (χ1n) is 4.84. The average Bonchev–Trinajstić information content (AvgIpc) is 2.17. The van der Waals surface area contributed by atoms with E-state index in [1.807, 2.05) is 6.92 Å². The number of Topliss-reactive ketones (excluding diaryl/α,β-unsaturated/α-hetero) is 1. The molecule has 0 saturated carbocycles. The first kappa shape index (κ1) is 12.6. The molecule has 1 aromatic heterocycles. The van der Waals surface area contributed by atoms with Crippen LogP contribution in [0.25, 0.3) is 0 Å². The van der Waals surface area contributed by atoms with Gasteiger partial charge < -0.3 is 0 Å². The Kier molecular flexibility index (Phi) is 3.98. The fourth-order valence-electron chi connectivity index (χ4n) is 1.19. The number of nitrogens with zero attached hydrogens (tertiary/aromatic N) is 2. The number of alkyl halides is 3. The maximum absolute atomic E-state index is 12.3. The number of hydrogen-bond donors (Lipinski definition) is 0. The maximum atomic E-state index is 12.3.